The summed E-state index contributed by atoms with van der Waals surface area (Å²) in [4.78, 5) is 12.4. The highest BCUT2D eigenvalue weighted by atomic mass is 79.9. The second-order valence-electron chi connectivity index (χ2n) is 4.37. The second kappa shape index (κ2) is 6.29. The molecular weight excluding hydrogens is 422 g/mol. The quantitative estimate of drug-likeness (QED) is 0.800. The minimum Gasteiger partial charge on any atom is -0.322 e. The van der Waals surface area contributed by atoms with Crippen LogP contribution >= 0.6 is 31.9 Å². The molecule has 2 aromatic carbocycles. The number of nitrogens with one attached hydrogen (secondary N) is 1. The molecule has 0 bridgehead atoms. The fourth-order valence-corrected chi connectivity index (χ4v) is 3.07. The number of benzene rings is 2. The van der Waals surface area contributed by atoms with E-state index in [1.54, 1.807) is 24.3 Å². The molecule has 0 aliphatic carbocycles. The smallest absolute Gasteiger partial charge is 0.256 e. The molecule has 0 aromatic heterocycles. The molecule has 0 aliphatic rings. The summed E-state index contributed by atoms with van der Waals surface area (Å²) in [5, 5.41) is 2.72. The van der Waals surface area contributed by atoms with Gasteiger partial charge in [-0.25, -0.2) is 8.42 Å². The predicted octanol–water partition coefficient (Wildman–Crippen LogP) is 3.87. The minimum absolute atomic E-state index is 0.212. The first-order chi connectivity index (χ1) is 9.77. The normalized spacial score (nSPS) is 11.2. The van der Waals surface area contributed by atoms with Crippen LogP contribution in [0, 0.1) is 0 Å². The number of anilines is 1. The lowest BCUT2D eigenvalue weighted by Crippen LogP contribution is -2.12. The highest BCUT2D eigenvalue weighted by molar-refractivity contribution is 9.11. The van der Waals surface area contributed by atoms with Crippen LogP contribution in [-0.2, 0) is 9.84 Å². The zero-order valence-electron chi connectivity index (χ0n) is 10.9. The van der Waals surface area contributed by atoms with Crippen LogP contribution in [0.5, 0.6) is 0 Å². The van der Waals surface area contributed by atoms with Crippen molar-refractivity contribution in [2.45, 2.75) is 4.90 Å². The fourth-order valence-electron chi connectivity index (χ4n) is 1.66. The Morgan fingerprint density at radius 1 is 1.05 bits per heavy atom. The van der Waals surface area contributed by atoms with Crippen LogP contribution in [0.1, 0.15) is 10.4 Å². The van der Waals surface area contributed by atoms with Crippen molar-refractivity contribution >= 4 is 53.3 Å². The number of halogens is 2. The number of amides is 1. The third kappa shape index (κ3) is 4.15. The van der Waals surface area contributed by atoms with Crippen LogP contribution < -0.4 is 5.32 Å². The van der Waals surface area contributed by atoms with E-state index in [9.17, 15) is 13.2 Å². The van der Waals surface area contributed by atoms with Crippen molar-refractivity contribution in [1.82, 2.24) is 0 Å². The molecule has 21 heavy (non-hydrogen) atoms. The van der Waals surface area contributed by atoms with Crippen LogP contribution in [0.15, 0.2) is 56.3 Å². The molecule has 2 rings (SSSR count). The van der Waals surface area contributed by atoms with Crippen LogP contribution in [-0.4, -0.2) is 20.6 Å². The van der Waals surface area contributed by atoms with Gasteiger partial charge in [-0.05, 0) is 58.4 Å². The lowest BCUT2D eigenvalue weighted by atomic mass is 10.2. The number of hydrogen-bond donors (Lipinski definition) is 1. The monoisotopic (exact) mass is 431 g/mol. The number of hydrogen-bond acceptors (Lipinski definition) is 3. The third-order valence-electron chi connectivity index (χ3n) is 2.71. The summed E-state index contributed by atoms with van der Waals surface area (Å²) in [6.45, 7) is 0. The van der Waals surface area contributed by atoms with E-state index in [1.165, 1.54) is 12.1 Å². The van der Waals surface area contributed by atoms with Gasteiger partial charge in [0.05, 0.1) is 10.5 Å². The van der Waals surface area contributed by atoms with Crippen molar-refractivity contribution in [2.75, 3.05) is 11.6 Å². The summed E-state index contributed by atoms with van der Waals surface area (Å²) in [6, 6.07) is 11.3. The molecule has 0 atom stereocenters. The Morgan fingerprint density at radius 3 is 2.24 bits per heavy atom. The van der Waals surface area contributed by atoms with E-state index >= 15 is 0 Å². The zero-order valence-corrected chi connectivity index (χ0v) is 14.9. The van der Waals surface area contributed by atoms with Crippen molar-refractivity contribution in [2.24, 2.45) is 0 Å². The van der Waals surface area contributed by atoms with Gasteiger partial charge in [0, 0.05) is 20.9 Å². The van der Waals surface area contributed by atoms with Gasteiger partial charge in [0.2, 0.25) is 0 Å². The molecule has 110 valence electrons. The highest BCUT2D eigenvalue weighted by Gasteiger charge is 2.12. The topological polar surface area (TPSA) is 63.2 Å². The van der Waals surface area contributed by atoms with Gasteiger partial charge in [-0.2, -0.15) is 0 Å². The maximum absolute atomic E-state index is 12.2. The van der Waals surface area contributed by atoms with E-state index in [2.05, 4.69) is 37.2 Å². The average molecular weight is 433 g/mol. The summed E-state index contributed by atoms with van der Waals surface area (Å²) in [7, 11) is -3.24. The van der Waals surface area contributed by atoms with Crippen molar-refractivity contribution in [3.05, 3.63) is 57.0 Å². The van der Waals surface area contributed by atoms with Crippen LogP contribution in [0.2, 0.25) is 0 Å². The fraction of sp³-hybridized carbons (Fsp3) is 0.0714. The number of rotatable bonds is 3. The van der Waals surface area contributed by atoms with Gasteiger partial charge < -0.3 is 5.32 Å². The van der Waals surface area contributed by atoms with Gasteiger partial charge in [-0.15, -0.1) is 0 Å². The average Bonchev–Trinajstić information content (AvgIpc) is 2.41. The molecule has 0 fully saturated rings. The molecule has 7 heteroatoms. The number of sulfone groups is 1. The van der Waals surface area contributed by atoms with E-state index in [1.807, 2.05) is 6.07 Å². The first-order valence-corrected chi connectivity index (χ1v) is 9.31. The molecular formula is C14H11Br2NO3S. The lowest BCUT2D eigenvalue weighted by Gasteiger charge is -2.08. The number of carbonyl (C=O) groups excluding carboxylic acids is 1. The molecule has 1 amide bonds. The maximum Gasteiger partial charge on any atom is 0.256 e. The van der Waals surface area contributed by atoms with Gasteiger partial charge >= 0.3 is 0 Å². The van der Waals surface area contributed by atoms with Crippen LogP contribution in [0.4, 0.5) is 5.69 Å². The first kappa shape index (κ1) is 16.2. The van der Waals surface area contributed by atoms with Crippen molar-refractivity contribution in [3.63, 3.8) is 0 Å². The summed E-state index contributed by atoms with van der Waals surface area (Å²) in [5.41, 5.74) is 1.01. The van der Waals surface area contributed by atoms with Gasteiger partial charge in [-0.1, -0.05) is 15.9 Å². The SMILES string of the molecule is CS(=O)(=O)c1ccc(NC(=O)c2cc(Br)ccc2Br)cc1. The Morgan fingerprint density at radius 2 is 1.67 bits per heavy atom. The Kier molecular flexibility index (Phi) is 4.85. The van der Waals surface area contributed by atoms with Crippen LogP contribution in [0.3, 0.4) is 0 Å². The number of carbonyl (C=O) groups is 1. The molecule has 0 saturated carbocycles. The standard InChI is InChI=1S/C14H11Br2NO3S/c1-21(19,20)11-5-3-10(4-6-11)17-14(18)12-8-9(15)2-7-13(12)16/h2-8H,1H3,(H,17,18). The minimum atomic E-state index is -3.24. The van der Waals surface area contributed by atoms with E-state index < -0.39 is 9.84 Å². The molecule has 0 radical (unpaired) electrons. The predicted molar refractivity (Wildman–Crippen MR) is 89.3 cm³/mol. The Labute approximate surface area is 139 Å². The van der Waals surface area contributed by atoms with E-state index in [4.69, 9.17) is 0 Å². The molecule has 0 heterocycles. The summed E-state index contributed by atoms with van der Waals surface area (Å²) >= 11 is 6.63. The van der Waals surface area contributed by atoms with Gasteiger partial charge in [0.1, 0.15) is 0 Å². The Bertz CT molecular complexity index is 786. The summed E-state index contributed by atoms with van der Waals surface area (Å²) in [6.07, 6.45) is 1.14. The third-order valence-corrected chi connectivity index (χ3v) is 5.03. The largest absolute Gasteiger partial charge is 0.322 e. The van der Waals surface area contributed by atoms with E-state index in [-0.39, 0.29) is 10.8 Å². The lowest BCUT2D eigenvalue weighted by molar-refractivity contribution is 0.102. The molecule has 0 unspecified atom stereocenters. The highest BCUT2D eigenvalue weighted by Crippen LogP contribution is 2.23. The van der Waals surface area contributed by atoms with Gasteiger partial charge in [-0.3, -0.25) is 4.79 Å². The Hall–Kier alpha value is -1.18. The molecule has 2 aromatic rings. The summed E-state index contributed by atoms with van der Waals surface area (Å²) in [5.74, 6) is -0.282. The van der Waals surface area contributed by atoms with Gasteiger partial charge in [0.15, 0.2) is 9.84 Å². The molecule has 0 saturated heterocycles. The van der Waals surface area contributed by atoms with E-state index in [0.29, 0.717) is 15.7 Å². The molecule has 0 spiro atoms. The molecule has 4 nitrogen and oxygen atoms in total. The maximum atomic E-state index is 12.2. The second-order valence-corrected chi connectivity index (χ2v) is 8.16. The van der Waals surface area contributed by atoms with Crippen molar-refractivity contribution in [1.29, 1.82) is 0 Å². The Balaban J connectivity index is 2.22. The zero-order chi connectivity index (χ0) is 15.6. The van der Waals surface area contributed by atoms with E-state index in [0.717, 1.165) is 10.7 Å². The van der Waals surface area contributed by atoms with Crippen LogP contribution in [0.25, 0.3) is 0 Å². The molecule has 1 N–H and O–H groups in total. The van der Waals surface area contributed by atoms with Gasteiger partial charge in [0.25, 0.3) is 5.91 Å². The summed E-state index contributed by atoms with van der Waals surface area (Å²) < 4.78 is 24.2. The molecule has 0 aliphatic heterocycles. The van der Waals surface area contributed by atoms with Crippen molar-refractivity contribution in [3.8, 4) is 0 Å². The first-order valence-electron chi connectivity index (χ1n) is 5.84. The van der Waals surface area contributed by atoms with Crippen molar-refractivity contribution < 1.29 is 13.2 Å².